The van der Waals surface area contributed by atoms with Crippen LogP contribution in [0.15, 0.2) is 11.6 Å². The third-order valence-electron chi connectivity index (χ3n) is 7.99. The summed E-state index contributed by atoms with van der Waals surface area (Å²) in [6.07, 6.45) is 11.3. The summed E-state index contributed by atoms with van der Waals surface area (Å²) >= 11 is 0. The van der Waals surface area contributed by atoms with Crippen molar-refractivity contribution in [3.05, 3.63) is 11.6 Å². The summed E-state index contributed by atoms with van der Waals surface area (Å²) in [6.45, 7) is 4.75. The minimum absolute atomic E-state index is 0.0541. The smallest absolute Gasteiger partial charge is 0.0757 e. The molecule has 0 amide bonds. The Hall–Kier alpha value is -0.340. The molecule has 0 aromatic carbocycles. The lowest BCUT2D eigenvalue weighted by molar-refractivity contribution is -0.101. The van der Waals surface area contributed by atoms with Gasteiger partial charge in [-0.1, -0.05) is 31.9 Å². The highest BCUT2D eigenvalue weighted by Crippen LogP contribution is 2.64. The summed E-state index contributed by atoms with van der Waals surface area (Å²) in [6, 6.07) is 0. The van der Waals surface area contributed by atoms with Gasteiger partial charge in [-0.2, -0.15) is 0 Å². The van der Waals surface area contributed by atoms with E-state index in [-0.39, 0.29) is 17.6 Å². The lowest BCUT2D eigenvalue weighted by Crippen LogP contribution is -2.54. The van der Waals surface area contributed by atoms with Crippen molar-refractivity contribution in [1.82, 2.24) is 0 Å². The van der Waals surface area contributed by atoms with Gasteiger partial charge in [0.05, 0.1) is 12.2 Å². The van der Waals surface area contributed by atoms with Crippen LogP contribution in [0.5, 0.6) is 0 Å². The predicted octanol–water partition coefficient (Wildman–Crippen LogP) is 3.67. The molecule has 4 rings (SSSR count). The average molecular weight is 290 g/mol. The molecule has 3 fully saturated rings. The van der Waals surface area contributed by atoms with E-state index in [0.717, 1.165) is 19.3 Å². The molecule has 3 saturated carbocycles. The number of allylic oxidation sites excluding steroid dienone is 1. The molecule has 4 aliphatic carbocycles. The van der Waals surface area contributed by atoms with Gasteiger partial charge in [0.25, 0.3) is 0 Å². The van der Waals surface area contributed by atoms with Crippen LogP contribution in [0.2, 0.25) is 0 Å². The van der Waals surface area contributed by atoms with Crippen LogP contribution in [0.1, 0.15) is 65.2 Å². The highest BCUT2D eigenvalue weighted by molar-refractivity contribution is 5.27. The molecule has 3 unspecified atom stereocenters. The molecule has 0 aromatic heterocycles. The Kier molecular flexibility index (Phi) is 3.11. The van der Waals surface area contributed by atoms with E-state index >= 15 is 0 Å². The Morgan fingerprint density at radius 2 is 1.81 bits per heavy atom. The molecule has 7 atom stereocenters. The maximum Gasteiger partial charge on any atom is 0.0757 e. The summed E-state index contributed by atoms with van der Waals surface area (Å²) in [4.78, 5) is 0. The second kappa shape index (κ2) is 4.58. The molecule has 0 radical (unpaired) electrons. The van der Waals surface area contributed by atoms with Gasteiger partial charge in [-0.05, 0) is 73.5 Å². The third-order valence-corrected chi connectivity index (χ3v) is 7.99. The van der Waals surface area contributed by atoms with E-state index in [1.165, 1.54) is 32.1 Å². The summed E-state index contributed by atoms with van der Waals surface area (Å²) in [5, 5.41) is 21.3. The quantitative estimate of drug-likeness (QED) is 0.668. The summed E-state index contributed by atoms with van der Waals surface area (Å²) in [5.74, 6) is 1.53. The zero-order chi connectivity index (χ0) is 14.8. The molecule has 0 heterocycles. The summed E-state index contributed by atoms with van der Waals surface area (Å²) in [5.41, 5.74) is 1.93. The van der Waals surface area contributed by atoms with E-state index in [9.17, 15) is 10.2 Å². The van der Waals surface area contributed by atoms with Crippen molar-refractivity contribution in [3.8, 4) is 0 Å². The number of hydrogen-bond acceptors (Lipinski definition) is 2. The Morgan fingerprint density at radius 1 is 1.00 bits per heavy atom. The van der Waals surface area contributed by atoms with E-state index in [0.29, 0.717) is 23.2 Å². The second-order valence-electron chi connectivity index (χ2n) is 8.74. The second-order valence-corrected chi connectivity index (χ2v) is 8.74. The lowest BCUT2D eigenvalue weighted by Gasteiger charge is -2.58. The molecule has 21 heavy (non-hydrogen) atoms. The zero-order valence-electron chi connectivity index (χ0n) is 13.5. The van der Waals surface area contributed by atoms with Crippen molar-refractivity contribution >= 4 is 0 Å². The normalized spacial score (nSPS) is 56.2. The maximum absolute atomic E-state index is 10.8. The first kappa shape index (κ1) is 14.3. The van der Waals surface area contributed by atoms with Crippen molar-refractivity contribution in [2.45, 2.75) is 77.4 Å². The topological polar surface area (TPSA) is 40.5 Å². The molecule has 0 spiro atoms. The number of rotatable bonds is 0. The number of fused-ring (bicyclic) bond motifs is 5. The Labute approximate surface area is 128 Å². The van der Waals surface area contributed by atoms with Gasteiger partial charge in [0.15, 0.2) is 0 Å². The van der Waals surface area contributed by atoms with E-state index in [1.54, 1.807) is 5.57 Å². The average Bonchev–Trinajstić information content (AvgIpc) is 2.76. The SMILES string of the molecule is C[C@]12CCCCC1=C[C@H](O)C1C2CC[C@@]2(C)C1CC[C@@H]2O. The van der Waals surface area contributed by atoms with E-state index in [1.807, 2.05) is 0 Å². The fourth-order valence-corrected chi connectivity index (χ4v) is 6.66. The van der Waals surface area contributed by atoms with Crippen LogP contribution in [-0.2, 0) is 0 Å². The van der Waals surface area contributed by atoms with Crippen molar-refractivity contribution in [3.63, 3.8) is 0 Å². The predicted molar refractivity (Wildman–Crippen MR) is 83.7 cm³/mol. The van der Waals surface area contributed by atoms with Crippen molar-refractivity contribution in [1.29, 1.82) is 0 Å². The molecule has 0 bridgehead atoms. The number of aliphatic hydroxyl groups is 2. The molecular formula is C19H30O2. The first-order valence-corrected chi connectivity index (χ1v) is 9.04. The van der Waals surface area contributed by atoms with Crippen LogP contribution < -0.4 is 0 Å². The molecular weight excluding hydrogens is 260 g/mol. The minimum Gasteiger partial charge on any atom is -0.393 e. The van der Waals surface area contributed by atoms with Crippen molar-refractivity contribution < 1.29 is 10.2 Å². The minimum atomic E-state index is -0.272. The third kappa shape index (κ3) is 1.78. The van der Waals surface area contributed by atoms with E-state index < -0.39 is 0 Å². The fraction of sp³-hybridized carbons (Fsp3) is 0.895. The highest BCUT2D eigenvalue weighted by Gasteiger charge is 2.60. The van der Waals surface area contributed by atoms with Gasteiger partial charge in [-0.25, -0.2) is 0 Å². The summed E-state index contributed by atoms with van der Waals surface area (Å²) in [7, 11) is 0. The Bertz CT molecular complexity index is 470. The molecule has 2 nitrogen and oxygen atoms in total. The van der Waals surface area contributed by atoms with E-state index in [2.05, 4.69) is 19.9 Å². The first-order valence-electron chi connectivity index (χ1n) is 9.04. The fourth-order valence-electron chi connectivity index (χ4n) is 6.66. The maximum atomic E-state index is 10.8. The molecule has 0 aliphatic heterocycles. The van der Waals surface area contributed by atoms with Crippen LogP contribution in [0, 0.1) is 28.6 Å². The van der Waals surface area contributed by atoms with Gasteiger partial charge in [0.1, 0.15) is 0 Å². The van der Waals surface area contributed by atoms with Gasteiger partial charge in [-0.3, -0.25) is 0 Å². The zero-order valence-corrected chi connectivity index (χ0v) is 13.5. The van der Waals surface area contributed by atoms with Gasteiger partial charge in [0, 0.05) is 0 Å². The van der Waals surface area contributed by atoms with Crippen molar-refractivity contribution in [2.75, 3.05) is 0 Å². The van der Waals surface area contributed by atoms with Gasteiger partial charge < -0.3 is 10.2 Å². The van der Waals surface area contributed by atoms with Crippen LogP contribution in [0.25, 0.3) is 0 Å². The van der Waals surface area contributed by atoms with Gasteiger partial charge in [-0.15, -0.1) is 0 Å². The first-order chi connectivity index (χ1) is 9.97. The Balaban J connectivity index is 1.75. The lowest BCUT2D eigenvalue weighted by atomic mass is 9.47. The van der Waals surface area contributed by atoms with Crippen LogP contribution in [-0.4, -0.2) is 22.4 Å². The highest BCUT2D eigenvalue weighted by atomic mass is 16.3. The van der Waals surface area contributed by atoms with Crippen molar-refractivity contribution in [2.24, 2.45) is 28.6 Å². The molecule has 0 aromatic rings. The van der Waals surface area contributed by atoms with Crippen LogP contribution in [0.3, 0.4) is 0 Å². The monoisotopic (exact) mass is 290 g/mol. The Morgan fingerprint density at radius 3 is 2.62 bits per heavy atom. The van der Waals surface area contributed by atoms with Crippen LogP contribution >= 0.6 is 0 Å². The number of hydrogen-bond donors (Lipinski definition) is 2. The number of aliphatic hydroxyl groups excluding tert-OH is 2. The summed E-state index contributed by atoms with van der Waals surface area (Å²) < 4.78 is 0. The van der Waals surface area contributed by atoms with Crippen LogP contribution in [0.4, 0.5) is 0 Å². The molecule has 2 heteroatoms. The molecule has 4 aliphatic rings. The standard InChI is InChI=1S/C19H30O2/c1-18-9-4-3-5-12(18)11-15(20)17-13-6-7-16(21)19(13,2)10-8-14(17)18/h11,13-17,20-21H,3-10H2,1-2H3/t13?,14?,15-,16-,17?,18-,19-/m0/s1. The molecule has 0 saturated heterocycles. The van der Waals surface area contributed by atoms with Gasteiger partial charge in [0.2, 0.25) is 0 Å². The molecule has 2 N–H and O–H groups in total. The van der Waals surface area contributed by atoms with Gasteiger partial charge >= 0.3 is 0 Å². The largest absolute Gasteiger partial charge is 0.393 e. The van der Waals surface area contributed by atoms with E-state index in [4.69, 9.17) is 0 Å². The molecule has 118 valence electrons.